The monoisotopic (exact) mass is 524 g/mol. The van der Waals surface area contributed by atoms with Crippen molar-refractivity contribution < 1.29 is 38.1 Å². The molecule has 0 saturated carbocycles. The number of methoxy groups -OCH3 is 1. The fourth-order valence-electron chi connectivity index (χ4n) is 3.89. The van der Waals surface area contributed by atoms with Gasteiger partial charge >= 0.3 is 17.9 Å². The molecule has 0 unspecified atom stereocenters. The van der Waals surface area contributed by atoms with Gasteiger partial charge in [0.2, 0.25) is 0 Å². The van der Waals surface area contributed by atoms with Crippen LogP contribution in [0.4, 0.5) is 0 Å². The lowest BCUT2D eigenvalue weighted by atomic mass is 9.98. The molecule has 5 atom stereocenters. The van der Waals surface area contributed by atoms with E-state index in [1.807, 2.05) is 0 Å². The molecule has 3 aromatic rings. The average Bonchev–Trinajstić information content (AvgIpc) is 2.95. The zero-order chi connectivity index (χ0) is 26.2. The normalized spacial score (nSPS) is 23.0. The van der Waals surface area contributed by atoms with Crippen molar-refractivity contribution in [2.24, 2.45) is 0 Å². The van der Waals surface area contributed by atoms with E-state index in [9.17, 15) is 14.4 Å². The lowest BCUT2D eigenvalue weighted by molar-refractivity contribution is -0.283. The van der Waals surface area contributed by atoms with Crippen LogP contribution in [0.15, 0.2) is 91.0 Å². The van der Waals surface area contributed by atoms with Gasteiger partial charge in [-0.25, -0.2) is 14.4 Å². The van der Waals surface area contributed by atoms with Gasteiger partial charge in [-0.05, 0) is 36.4 Å². The van der Waals surface area contributed by atoms with Crippen molar-refractivity contribution in [3.8, 4) is 0 Å². The highest BCUT2D eigenvalue weighted by molar-refractivity contribution is 6.18. The number of carbonyl (C=O) groups is 3. The average molecular weight is 525 g/mol. The molecule has 4 rings (SSSR count). The van der Waals surface area contributed by atoms with Crippen LogP contribution in [0.3, 0.4) is 0 Å². The van der Waals surface area contributed by atoms with E-state index < -0.39 is 48.6 Å². The molecule has 0 amide bonds. The van der Waals surface area contributed by atoms with E-state index in [1.165, 1.54) is 7.11 Å². The molecule has 0 aromatic heterocycles. The molecule has 192 valence electrons. The van der Waals surface area contributed by atoms with Crippen molar-refractivity contribution in [2.45, 2.75) is 30.7 Å². The van der Waals surface area contributed by atoms with E-state index in [-0.39, 0.29) is 22.6 Å². The first-order chi connectivity index (χ1) is 18.0. The molecule has 9 heteroatoms. The summed E-state index contributed by atoms with van der Waals surface area (Å²) in [5.41, 5.74) is 0.796. The van der Waals surface area contributed by atoms with Crippen LogP contribution in [-0.2, 0) is 23.7 Å². The summed E-state index contributed by atoms with van der Waals surface area (Å²) in [6, 6.07) is 24.8. The number of rotatable bonds is 8. The van der Waals surface area contributed by atoms with Crippen molar-refractivity contribution in [1.82, 2.24) is 0 Å². The first kappa shape index (κ1) is 26.3. The maximum absolute atomic E-state index is 13.1. The van der Waals surface area contributed by atoms with E-state index in [0.29, 0.717) is 0 Å². The van der Waals surface area contributed by atoms with Gasteiger partial charge in [0.15, 0.2) is 24.6 Å². The third-order valence-corrected chi connectivity index (χ3v) is 6.04. The molecule has 3 aromatic carbocycles. The number of carbonyl (C=O) groups excluding carboxylic acids is 3. The molecule has 0 bridgehead atoms. The first-order valence-corrected chi connectivity index (χ1v) is 12.1. The highest BCUT2D eigenvalue weighted by Crippen LogP contribution is 2.31. The second-order valence-electron chi connectivity index (χ2n) is 8.14. The molecular formula is C28H25ClO8. The lowest BCUT2D eigenvalue weighted by Gasteiger charge is -2.43. The molecule has 1 fully saturated rings. The molecule has 1 heterocycles. The number of alkyl halides is 1. The van der Waals surface area contributed by atoms with Crippen LogP contribution in [0.5, 0.6) is 0 Å². The third-order valence-electron chi connectivity index (χ3n) is 5.73. The Balaban J connectivity index is 1.69. The molecular weight excluding hydrogens is 500 g/mol. The van der Waals surface area contributed by atoms with Crippen LogP contribution in [0.1, 0.15) is 31.1 Å². The molecule has 1 aliphatic rings. The zero-order valence-electron chi connectivity index (χ0n) is 19.9. The molecule has 0 N–H and O–H groups in total. The van der Waals surface area contributed by atoms with Crippen molar-refractivity contribution in [3.63, 3.8) is 0 Å². The molecule has 0 radical (unpaired) electrons. The summed E-state index contributed by atoms with van der Waals surface area (Å²) in [6.45, 7) is 0. The Kier molecular flexibility index (Phi) is 8.90. The Hall–Kier alpha value is -3.72. The van der Waals surface area contributed by atoms with Gasteiger partial charge in [-0.15, -0.1) is 11.6 Å². The highest BCUT2D eigenvalue weighted by atomic mass is 35.5. The quantitative estimate of drug-likeness (QED) is 0.245. The Morgan fingerprint density at radius 3 is 1.41 bits per heavy atom. The van der Waals surface area contributed by atoms with Gasteiger partial charge in [-0.2, -0.15) is 0 Å². The van der Waals surface area contributed by atoms with Crippen LogP contribution in [0.2, 0.25) is 0 Å². The molecule has 0 aliphatic carbocycles. The van der Waals surface area contributed by atoms with Crippen LogP contribution >= 0.6 is 11.6 Å². The molecule has 8 nitrogen and oxygen atoms in total. The fourth-order valence-corrected chi connectivity index (χ4v) is 4.14. The fraction of sp³-hybridized carbons (Fsp3) is 0.250. The molecule has 1 aliphatic heterocycles. The topological polar surface area (TPSA) is 97.4 Å². The predicted molar refractivity (Wildman–Crippen MR) is 133 cm³/mol. The minimum Gasteiger partial charge on any atom is -0.452 e. The van der Waals surface area contributed by atoms with E-state index >= 15 is 0 Å². The van der Waals surface area contributed by atoms with Gasteiger partial charge in [-0.1, -0.05) is 54.6 Å². The van der Waals surface area contributed by atoms with E-state index in [4.69, 9.17) is 35.3 Å². The smallest absolute Gasteiger partial charge is 0.338 e. The maximum Gasteiger partial charge on any atom is 0.338 e. The second-order valence-corrected chi connectivity index (χ2v) is 8.45. The van der Waals surface area contributed by atoms with Gasteiger partial charge in [0.25, 0.3) is 0 Å². The number of halogens is 1. The molecule has 37 heavy (non-hydrogen) atoms. The summed E-state index contributed by atoms with van der Waals surface area (Å²) in [5.74, 6) is -2.22. The molecule has 1 saturated heterocycles. The van der Waals surface area contributed by atoms with Gasteiger partial charge in [-0.3, -0.25) is 0 Å². The van der Waals surface area contributed by atoms with Crippen LogP contribution < -0.4 is 0 Å². The van der Waals surface area contributed by atoms with Gasteiger partial charge in [0.05, 0.1) is 22.6 Å². The van der Waals surface area contributed by atoms with E-state index in [0.717, 1.165) is 0 Å². The largest absolute Gasteiger partial charge is 0.452 e. The number of ether oxygens (including phenoxy) is 5. The van der Waals surface area contributed by atoms with E-state index in [2.05, 4.69) is 0 Å². The maximum atomic E-state index is 13.1. The summed E-state index contributed by atoms with van der Waals surface area (Å²) in [4.78, 5) is 39.0. The SMILES string of the molecule is CO[C@H]1O[C@H](CCl)[C@@H](OC(=O)c2ccccc2)[C@H](OC(=O)c2ccccc2)[C@H]1OC(=O)c1ccccc1. The zero-order valence-corrected chi connectivity index (χ0v) is 20.7. The van der Waals surface area contributed by atoms with Crippen LogP contribution in [0, 0.1) is 0 Å². The summed E-state index contributed by atoms with van der Waals surface area (Å²) >= 11 is 6.17. The number of hydrogen-bond acceptors (Lipinski definition) is 8. The summed E-state index contributed by atoms with van der Waals surface area (Å²) < 4.78 is 28.7. The molecule has 0 spiro atoms. The Labute approximate surface area is 219 Å². The lowest BCUT2D eigenvalue weighted by Crippen LogP contribution is -2.62. The standard InChI is InChI=1S/C28H25ClO8/c1-33-28-24(37-27(32)20-15-9-4-10-16-20)23(36-26(31)19-13-7-3-8-14-19)22(21(17-29)34-28)35-25(30)18-11-5-2-6-12-18/h2-16,21-24,28H,17H2,1H3/t21-,22-,23+,24-,28+/m1/s1. The summed E-state index contributed by atoms with van der Waals surface area (Å²) in [5, 5.41) is 0. The summed E-state index contributed by atoms with van der Waals surface area (Å²) in [7, 11) is 1.35. The Bertz CT molecular complexity index is 1120. The van der Waals surface area contributed by atoms with Crippen LogP contribution in [0.25, 0.3) is 0 Å². The second kappa shape index (κ2) is 12.5. The Morgan fingerprint density at radius 2 is 1.03 bits per heavy atom. The number of hydrogen-bond donors (Lipinski definition) is 0. The minimum atomic E-state index is -1.30. The Morgan fingerprint density at radius 1 is 0.649 bits per heavy atom. The number of benzene rings is 3. The van der Waals surface area contributed by atoms with Crippen molar-refractivity contribution in [2.75, 3.05) is 13.0 Å². The van der Waals surface area contributed by atoms with Crippen molar-refractivity contribution in [1.29, 1.82) is 0 Å². The first-order valence-electron chi connectivity index (χ1n) is 11.5. The van der Waals surface area contributed by atoms with Gasteiger partial charge < -0.3 is 23.7 Å². The van der Waals surface area contributed by atoms with Crippen molar-refractivity contribution in [3.05, 3.63) is 108 Å². The summed E-state index contributed by atoms with van der Waals surface area (Å²) in [6.07, 6.45) is -5.87. The number of esters is 3. The highest BCUT2D eigenvalue weighted by Gasteiger charge is 2.52. The predicted octanol–water partition coefficient (Wildman–Crippen LogP) is 4.27. The van der Waals surface area contributed by atoms with E-state index in [1.54, 1.807) is 91.0 Å². The minimum absolute atomic E-state index is 0.120. The van der Waals surface area contributed by atoms with Crippen molar-refractivity contribution >= 4 is 29.5 Å². The third kappa shape index (κ3) is 6.35. The van der Waals surface area contributed by atoms with Crippen LogP contribution in [-0.4, -0.2) is 61.6 Å². The van der Waals surface area contributed by atoms with Gasteiger partial charge in [0, 0.05) is 7.11 Å². The van der Waals surface area contributed by atoms with Gasteiger partial charge in [0.1, 0.15) is 6.10 Å².